The number of pyridine rings is 1. The first kappa shape index (κ1) is 18.3. The van der Waals surface area contributed by atoms with Gasteiger partial charge >= 0.3 is 0 Å². The highest BCUT2D eigenvalue weighted by molar-refractivity contribution is 5.57. The molecule has 4 rings (SSSR count). The number of piperazine rings is 1. The van der Waals surface area contributed by atoms with Crippen molar-refractivity contribution in [2.45, 2.75) is 32.2 Å². The maximum absolute atomic E-state index is 4.89. The van der Waals surface area contributed by atoms with E-state index in [4.69, 9.17) is 9.97 Å². The van der Waals surface area contributed by atoms with Crippen molar-refractivity contribution in [3.8, 4) is 11.4 Å². The first-order valence-electron chi connectivity index (χ1n) is 10.2. The van der Waals surface area contributed by atoms with E-state index in [1.807, 2.05) is 12.1 Å². The molecule has 144 valence electrons. The highest BCUT2D eigenvalue weighted by Gasteiger charge is 2.27. The quantitative estimate of drug-likeness (QED) is 0.828. The van der Waals surface area contributed by atoms with Gasteiger partial charge in [-0.05, 0) is 45.0 Å². The van der Waals surface area contributed by atoms with Crippen LogP contribution in [0.25, 0.3) is 11.4 Å². The topological polar surface area (TPSA) is 48.4 Å². The summed E-state index contributed by atoms with van der Waals surface area (Å²) in [6.07, 6.45) is 7.18. The van der Waals surface area contributed by atoms with Crippen LogP contribution in [0.1, 0.15) is 25.5 Å². The van der Waals surface area contributed by atoms with E-state index in [9.17, 15) is 0 Å². The normalized spacial score (nSPS) is 22.1. The molecule has 1 unspecified atom stereocenters. The van der Waals surface area contributed by atoms with Crippen molar-refractivity contribution < 1.29 is 0 Å². The third-order valence-electron chi connectivity index (χ3n) is 5.82. The number of aryl methyl sites for hydroxylation is 1. The standard InChI is InChI=1S/C21H30N6/c1-3-18-15-20(24-21(23-18)17-6-8-22-9-7-17)27-13-11-26(12-14-27)19-5-4-10-25(2)16-19/h6-9,15,19H,3-5,10-14,16H2,1-2H3. The molecule has 6 heteroatoms. The van der Waals surface area contributed by atoms with Gasteiger partial charge in [-0.2, -0.15) is 0 Å². The van der Waals surface area contributed by atoms with Crippen LogP contribution in [0.15, 0.2) is 30.6 Å². The van der Waals surface area contributed by atoms with Crippen molar-refractivity contribution in [2.75, 3.05) is 51.2 Å². The van der Waals surface area contributed by atoms with Crippen LogP contribution in [0, 0.1) is 0 Å². The Hall–Kier alpha value is -2.05. The second-order valence-electron chi connectivity index (χ2n) is 7.71. The summed E-state index contributed by atoms with van der Waals surface area (Å²) in [5.74, 6) is 1.87. The summed E-state index contributed by atoms with van der Waals surface area (Å²) in [5.41, 5.74) is 2.13. The molecule has 0 bridgehead atoms. The molecule has 1 atom stereocenters. The number of likely N-dealkylation sites (tertiary alicyclic amines) is 1. The van der Waals surface area contributed by atoms with Crippen molar-refractivity contribution in [3.63, 3.8) is 0 Å². The zero-order valence-electron chi connectivity index (χ0n) is 16.5. The van der Waals surface area contributed by atoms with E-state index in [-0.39, 0.29) is 0 Å². The van der Waals surface area contributed by atoms with Crippen LogP contribution in [-0.4, -0.2) is 77.1 Å². The van der Waals surface area contributed by atoms with Crippen LogP contribution in [0.3, 0.4) is 0 Å². The van der Waals surface area contributed by atoms with E-state index < -0.39 is 0 Å². The third kappa shape index (κ3) is 4.28. The Morgan fingerprint density at radius 2 is 1.81 bits per heavy atom. The first-order chi connectivity index (χ1) is 13.2. The Morgan fingerprint density at radius 3 is 2.52 bits per heavy atom. The average molecular weight is 367 g/mol. The van der Waals surface area contributed by atoms with Gasteiger partial charge in [0.15, 0.2) is 5.82 Å². The van der Waals surface area contributed by atoms with E-state index in [0.29, 0.717) is 0 Å². The summed E-state index contributed by atoms with van der Waals surface area (Å²) < 4.78 is 0. The molecule has 0 aliphatic carbocycles. The van der Waals surface area contributed by atoms with Crippen LogP contribution in [0.5, 0.6) is 0 Å². The van der Waals surface area contributed by atoms with Gasteiger partial charge in [0.1, 0.15) is 5.82 Å². The summed E-state index contributed by atoms with van der Waals surface area (Å²) in [5, 5.41) is 0. The van der Waals surface area contributed by atoms with Crippen LogP contribution in [0.4, 0.5) is 5.82 Å². The molecule has 0 radical (unpaired) electrons. The summed E-state index contributed by atoms with van der Waals surface area (Å²) in [6, 6.07) is 6.84. The Labute approximate surface area is 162 Å². The molecule has 2 aliphatic rings. The van der Waals surface area contributed by atoms with Gasteiger partial charge in [0.2, 0.25) is 0 Å². The number of aromatic nitrogens is 3. The summed E-state index contributed by atoms with van der Waals surface area (Å²) in [6.45, 7) is 8.92. The van der Waals surface area contributed by atoms with Crippen molar-refractivity contribution in [1.82, 2.24) is 24.8 Å². The fraction of sp³-hybridized carbons (Fsp3) is 0.571. The van der Waals surface area contributed by atoms with Gasteiger partial charge in [-0.15, -0.1) is 0 Å². The number of piperidine rings is 1. The lowest BCUT2D eigenvalue weighted by molar-refractivity contribution is 0.106. The van der Waals surface area contributed by atoms with Crippen LogP contribution in [-0.2, 0) is 6.42 Å². The van der Waals surface area contributed by atoms with E-state index in [2.05, 4.69) is 39.7 Å². The number of nitrogens with zero attached hydrogens (tertiary/aromatic N) is 6. The zero-order chi connectivity index (χ0) is 18.6. The molecule has 2 saturated heterocycles. The maximum atomic E-state index is 4.89. The second kappa shape index (κ2) is 8.31. The molecule has 27 heavy (non-hydrogen) atoms. The number of anilines is 1. The SMILES string of the molecule is CCc1cc(N2CCN(C3CCCN(C)C3)CC2)nc(-c2ccncc2)n1. The summed E-state index contributed by atoms with van der Waals surface area (Å²) in [7, 11) is 2.25. The Bertz CT molecular complexity index is 742. The van der Waals surface area contributed by atoms with Gasteiger partial charge in [0.25, 0.3) is 0 Å². The molecular formula is C21H30N6. The van der Waals surface area contributed by atoms with Gasteiger partial charge in [0, 0.05) is 68.5 Å². The lowest BCUT2D eigenvalue weighted by Gasteiger charge is -2.43. The van der Waals surface area contributed by atoms with Gasteiger partial charge in [-0.25, -0.2) is 9.97 Å². The minimum Gasteiger partial charge on any atom is -0.354 e. The fourth-order valence-corrected chi connectivity index (χ4v) is 4.21. The third-order valence-corrected chi connectivity index (χ3v) is 5.82. The Morgan fingerprint density at radius 1 is 1.04 bits per heavy atom. The number of rotatable bonds is 4. The van der Waals surface area contributed by atoms with Gasteiger partial charge in [-0.3, -0.25) is 9.88 Å². The fourth-order valence-electron chi connectivity index (χ4n) is 4.21. The minimum absolute atomic E-state index is 0.717. The van der Waals surface area contributed by atoms with Crippen LogP contribution >= 0.6 is 0 Å². The molecule has 0 saturated carbocycles. The first-order valence-corrected chi connectivity index (χ1v) is 10.2. The number of hydrogen-bond acceptors (Lipinski definition) is 6. The molecule has 4 heterocycles. The summed E-state index contributed by atoms with van der Waals surface area (Å²) in [4.78, 5) is 21.3. The largest absolute Gasteiger partial charge is 0.354 e. The zero-order valence-corrected chi connectivity index (χ0v) is 16.5. The highest BCUT2D eigenvalue weighted by Crippen LogP contribution is 2.23. The molecular weight excluding hydrogens is 336 g/mol. The number of likely N-dealkylation sites (N-methyl/N-ethyl adjacent to an activating group) is 1. The van der Waals surface area contributed by atoms with Crippen LogP contribution < -0.4 is 4.90 Å². The number of hydrogen-bond donors (Lipinski definition) is 0. The predicted molar refractivity (Wildman–Crippen MR) is 109 cm³/mol. The summed E-state index contributed by atoms with van der Waals surface area (Å²) >= 11 is 0. The Kier molecular flexibility index (Phi) is 5.64. The average Bonchev–Trinajstić information content (AvgIpc) is 2.74. The molecule has 0 aromatic carbocycles. The molecule has 2 aliphatic heterocycles. The molecule has 6 nitrogen and oxygen atoms in total. The van der Waals surface area contributed by atoms with E-state index in [1.165, 1.54) is 25.9 Å². The van der Waals surface area contributed by atoms with Gasteiger partial charge in [-0.1, -0.05) is 6.92 Å². The predicted octanol–water partition coefficient (Wildman–Crippen LogP) is 2.32. The van der Waals surface area contributed by atoms with Gasteiger partial charge < -0.3 is 9.80 Å². The molecule has 0 N–H and O–H groups in total. The van der Waals surface area contributed by atoms with E-state index in [0.717, 1.165) is 61.5 Å². The second-order valence-corrected chi connectivity index (χ2v) is 7.71. The van der Waals surface area contributed by atoms with Crippen molar-refractivity contribution in [3.05, 3.63) is 36.3 Å². The van der Waals surface area contributed by atoms with Crippen molar-refractivity contribution in [1.29, 1.82) is 0 Å². The lowest BCUT2D eigenvalue weighted by atomic mass is 10.0. The molecule has 0 spiro atoms. The molecule has 2 aromatic heterocycles. The van der Waals surface area contributed by atoms with Gasteiger partial charge in [0.05, 0.1) is 0 Å². The monoisotopic (exact) mass is 366 g/mol. The Balaban J connectivity index is 1.48. The smallest absolute Gasteiger partial charge is 0.161 e. The van der Waals surface area contributed by atoms with Crippen molar-refractivity contribution in [2.24, 2.45) is 0 Å². The highest BCUT2D eigenvalue weighted by atomic mass is 15.3. The maximum Gasteiger partial charge on any atom is 0.161 e. The molecule has 2 aromatic rings. The molecule has 2 fully saturated rings. The lowest BCUT2D eigenvalue weighted by Crippen LogP contribution is -2.54. The minimum atomic E-state index is 0.717. The van der Waals surface area contributed by atoms with E-state index in [1.54, 1.807) is 12.4 Å². The molecule has 0 amide bonds. The van der Waals surface area contributed by atoms with E-state index >= 15 is 0 Å². The van der Waals surface area contributed by atoms with Crippen LogP contribution in [0.2, 0.25) is 0 Å². The van der Waals surface area contributed by atoms with Crippen molar-refractivity contribution >= 4 is 5.82 Å².